The van der Waals surface area contributed by atoms with Crippen molar-refractivity contribution in [3.05, 3.63) is 28.0 Å². The van der Waals surface area contributed by atoms with E-state index in [2.05, 4.69) is 20.7 Å². The van der Waals surface area contributed by atoms with E-state index in [1.165, 1.54) is 12.1 Å². The monoisotopic (exact) mass is 399 g/mol. The Labute approximate surface area is 132 Å². The van der Waals surface area contributed by atoms with Gasteiger partial charge < -0.3 is 0 Å². The normalized spacial score (nSPS) is 19.4. The minimum atomic E-state index is -3.70. The van der Waals surface area contributed by atoms with E-state index in [0.29, 0.717) is 5.56 Å². The van der Waals surface area contributed by atoms with E-state index in [1.54, 1.807) is 6.92 Å². The molecule has 1 aliphatic rings. The zero-order chi connectivity index (χ0) is 15.8. The van der Waals surface area contributed by atoms with E-state index in [-0.39, 0.29) is 34.5 Å². The smallest absolute Gasteiger partial charge is 0.235 e. The fraction of sp³-hybridized carbons (Fsp3) is 0.500. The molecule has 1 aromatic carbocycles. The molecule has 0 radical (unpaired) electrons. The molecule has 0 unspecified atom stereocenters. The Bertz CT molecular complexity index is 748. The zero-order valence-electron chi connectivity index (χ0n) is 11.3. The maximum absolute atomic E-state index is 13.3. The number of aryl methyl sites for hydroxylation is 1. The lowest BCUT2D eigenvalue weighted by atomic mass is 10.2. The maximum Gasteiger partial charge on any atom is 0.235 e. The number of sulfone groups is 1. The van der Waals surface area contributed by atoms with Crippen LogP contribution in [0.15, 0.2) is 16.6 Å². The van der Waals surface area contributed by atoms with Crippen LogP contribution in [0.25, 0.3) is 0 Å². The molecule has 9 heteroatoms. The fourth-order valence-corrected chi connectivity index (χ4v) is 5.85. The van der Waals surface area contributed by atoms with E-state index in [1.807, 2.05) is 0 Å². The first-order valence-corrected chi connectivity index (χ1v) is 10.4. The lowest BCUT2D eigenvalue weighted by Crippen LogP contribution is -2.36. The lowest BCUT2D eigenvalue weighted by molar-refractivity contribution is 0.555. The Morgan fingerprint density at radius 1 is 1.29 bits per heavy atom. The van der Waals surface area contributed by atoms with Crippen molar-refractivity contribution in [1.29, 1.82) is 0 Å². The molecular weight excluding hydrogens is 385 g/mol. The van der Waals surface area contributed by atoms with Gasteiger partial charge in [0.15, 0.2) is 0 Å². The van der Waals surface area contributed by atoms with Crippen molar-refractivity contribution in [2.75, 3.05) is 16.2 Å². The van der Waals surface area contributed by atoms with Crippen molar-refractivity contribution in [2.45, 2.75) is 25.0 Å². The second-order valence-corrected chi connectivity index (χ2v) is 10.2. The van der Waals surface area contributed by atoms with E-state index in [4.69, 9.17) is 0 Å². The molecule has 1 heterocycles. The first kappa shape index (κ1) is 16.7. The van der Waals surface area contributed by atoms with Crippen molar-refractivity contribution in [2.24, 2.45) is 0 Å². The van der Waals surface area contributed by atoms with E-state index < -0.39 is 30.9 Å². The van der Waals surface area contributed by atoms with Crippen LogP contribution in [-0.2, 0) is 19.9 Å². The second-order valence-electron chi connectivity index (χ2n) is 5.08. The Morgan fingerprint density at radius 3 is 2.43 bits per heavy atom. The molecule has 118 valence electrons. The quantitative estimate of drug-likeness (QED) is 0.844. The van der Waals surface area contributed by atoms with Gasteiger partial charge in [0.25, 0.3) is 0 Å². The molecule has 0 amide bonds. The number of nitrogens with one attached hydrogen (secondary N) is 1. The summed E-state index contributed by atoms with van der Waals surface area (Å²) in [4.78, 5) is 0. The molecule has 1 aromatic rings. The van der Waals surface area contributed by atoms with Crippen molar-refractivity contribution < 1.29 is 21.2 Å². The summed E-state index contributed by atoms with van der Waals surface area (Å²) in [5, 5.41) is -0.746. The minimum absolute atomic E-state index is 0.0824. The average Bonchev–Trinajstić information content (AvgIpc) is 2.35. The molecule has 5 nitrogen and oxygen atoms in total. The summed E-state index contributed by atoms with van der Waals surface area (Å²) in [5.74, 6) is -0.714. The maximum atomic E-state index is 13.3. The largest absolute Gasteiger partial charge is 0.283 e. The summed E-state index contributed by atoms with van der Waals surface area (Å²) in [6.45, 7) is 1.60. The number of halogens is 2. The summed E-state index contributed by atoms with van der Waals surface area (Å²) < 4.78 is 63.2. The second kappa shape index (κ2) is 5.85. The van der Waals surface area contributed by atoms with Crippen LogP contribution in [0.2, 0.25) is 0 Å². The molecular formula is C12H15BrFNO4S2. The van der Waals surface area contributed by atoms with Crippen LogP contribution in [0, 0.1) is 12.7 Å². The Hall–Kier alpha value is -0.670. The predicted molar refractivity (Wildman–Crippen MR) is 83.1 cm³/mol. The molecule has 1 N–H and O–H groups in total. The van der Waals surface area contributed by atoms with Gasteiger partial charge in [-0.15, -0.1) is 0 Å². The fourth-order valence-electron chi connectivity index (χ4n) is 2.17. The van der Waals surface area contributed by atoms with Gasteiger partial charge >= 0.3 is 0 Å². The zero-order valence-corrected chi connectivity index (χ0v) is 14.5. The highest BCUT2D eigenvalue weighted by molar-refractivity contribution is 9.10. The van der Waals surface area contributed by atoms with Crippen LogP contribution >= 0.6 is 15.9 Å². The third-order valence-electron chi connectivity index (χ3n) is 3.46. The standard InChI is InChI=1S/C12H15BrFNO4S2/c1-8-6-11(14)10(13)7-12(8)15-21(18,19)9-2-4-20(16,17)5-3-9/h6-7,9,15H,2-5H2,1H3. The summed E-state index contributed by atoms with van der Waals surface area (Å²) in [7, 11) is -6.82. The van der Waals surface area contributed by atoms with Crippen molar-refractivity contribution >= 4 is 41.5 Å². The van der Waals surface area contributed by atoms with Crippen LogP contribution in [0.5, 0.6) is 0 Å². The van der Waals surface area contributed by atoms with Gasteiger partial charge in [-0.3, -0.25) is 4.72 Å². The molecule has 0 atom stereocenters. The Morgan fingerprint density at radius 2 is 1.86 bits per heavy atom. The van der Waals surface area contributed by atoms with Gasteiger partial charge in [0.05, 0.1) is 26.9 Å². The molecule has 1 aliphatic heterocycles. The van der Waals surface area contributed by atoms with Crippen LogP contribution in [0.1, 0.15) is 18.4 Å². The van der Waals surface area contributed by atoms with Gasteiger partial charge in [0, 0.05) is 0 Å². The number of benzene rings is 1. The topological polar surface area (TPSA) is 80.3 Å². The highest BCUT2D eigenvalue weighted by Crippen LogP contribution is 2.27. The highest BCUT2D eigenvalue weighted by Gasteiger charge is 2.33. The van der Waals surface area contributed by atoms with Gasteiger partial charge in [-0.05, 0) is 53.4 Å². The first-order valence-electron chi connectivity index (χ1n) is 6.28. The summed E-state index contributed by atoms with van der Waals surface area (Å²) >= 11 is 3.01. The van der Waals surface area contributed by atoms with Crippen LogP contribution in [0.4, 0.5) is 10.1 Å². The van der Waals surface area contributed by atoms with Gasteiger partial charge in [-0.1, -0.05) is 0 Å². The highest BCUT2D eigenvalue weighted by atomic mass is 79.9. The Balaban J connectivity index is 2.21. The molecule has 1 fully saturated rings. The predicted octanol–water partition coefficient (Wildman–Crippen LogP) is 2.22. The van der Waals surface area contributed by atoms with E-state index >= 15 is 0 Å². The van der Waals surface area contributed by atoms with E-state index in [9.17, 15) is 21.2 Å². The van der Waals surface area contributed by atoms with Crippen molar-refractivity contribution in [3.8, 4) is 0 Å². The molecule has 21 heavy (non-hydrogen) atoms. The van der Waals surface area contributed by atoms with Gasteiger partial charge in [-0.2, -0.15) is 0 Å². The molecule has 0 spiro atoms. The molecule has 0 aromatic heterocycles. The van der Waals surface area contributed by atoms with E-state index in [0.717, 1.165) is 0 Å². The van der Waals surface area contributed by atoms with Gasteiger partial charge in [-0.25, -0.2) is 21.2 Å². The molecule has 0 aliphatic carbocycles. The Kier molecular flexibility index (Phi) is 4.65. The minimum Gasteiger partial charge on any atom is -0.283 e. The van der Waals surface area contributed by atoms with Crippen LogP contribution in [-0.4, -0.2) is 33.6 Å². The number of rotatable bonds is 3. The van der Waals surface area contributed by atoms with Crippen LogP contribution in [0.3, 0.4) is 0 Å². The van der Waals surface area contributed by atoms with Gasteiger partial charge in [0.2, 0.25) is 10.0 Å². The third kappa shape index (κ3) is 3.95. The number of hydrogen-bond acceptors (Lipinski definition) is 4. The van der Waals surface area contributed by atoms with Gasteiger partial charge in [0.1, 0.15) is 15.7 Å². The third-order valence-corrected chi connectivity index (χ3v) is 7.64. The molecule has 1 saturated heterocycles. The summed E-state index contributed by atoms with van der Waals surface area (Å²) in [6, 6.07) is 2.59. The summed E-state index contributed by atoms with van der Waals surface area (Å²) in [5.41, 5.74) is 0.749. The molecule has 0 bridgehead atoms. The number of sulfonamides is 1. The summed E-state index contributed by atoms with van der Waals surface area (Å²) in [6.07, 6.45) is 0.165. The van der Waals surface area contributed by atoms with Crippen molar-refractivity contribution in [1.82, 2.24) is 0 Å². The molecule has 0 saturated carbocycles. The average molecular weight is 400 g/mol. The lowest BCUT2D eigenvalue weighted by Gasteiger charge is -2.23. The number of anilines is 1. The van der Waals surface area contributed by atoms with Crippen molar-refractivity contribution in [3.63, 3.8) is 0 Å². The number of hydrogen-bond donors (Lipinski definition) is 1. The molecule has 2 rings (SSSR count). The first-order chi connectivity index (χ1) is 9.61. The SMILES string of the molecule is Cc1cc(F)c(Br)cc1NS(=O)(=O)C1CCS(=O)(=O)CC1. The van der Waals surface area contributed by atoms with Crippen LogP contribution < -0.4 is 4.72 Å².